The van der Waals surface area contributed by atoms with Crippen molar-refractivity contribution in [2.24, 2.45) is 0 Å². The third kappa shape index (κ3) is 2.65. The number of halogens is 1. The molecule has 0 amide bonds. The van der Waals surface area contributed by atoms with Crippen molar-refractivity contribution in [2.45, 2.75) is 12.6 Å². The van der Waals surface area contributed by atoms with Crippen molar-refractivity contribution >= 4 is 11.8 Å². The Morgan fingerprint density at radius 1 is 1.29 bits per heavy atom. The fourth-order valence-electron chi connectivity index (χ4n) is 1.05. The molecule has 1 unspecified atom stereocenters. The predicted molar refractivity (Wildman–Crippen MR) is 47.6 cm³/mol. The van der Waals surface area contributed by atoms with Crippen LogP contribution >= 0.6 is 0 Å². The lowest BCUT2D eigenvalue weighted by atomic mass is 10.1. The van der Waals surface area contributed by atoms with E-state index in [0.717, 1.165) is 0 Å². The van der Waals surface area contributed by atoms with E-state index >= 15 is 0 Å². The third-order valence-corrected chi connectivity index (χ3v) is 1.70. The van der Waals surface area contributed by atoms with Gasteiger partial charge in [0.05, 0.1) is 0 Å². The van der Waals surface area contributed by atoms with Crippen molar-refractivity contribution in [1.82, 2.24) is 0 Å². The lowest BCUT2D eigenvalue weighted by Gasteiger charge is -2.04. The highest BCUT2D eigenvalue weighted by Gasteiger charge is 2.21. The van der Waals surface area contributed by atoms with Gasteiger partial charge in [0.25, 0.3) is 0 Å². The second-order valence-electron chi connectivity index (χ2n) is 2.81. The number of rotatable bonds is 4. The molecule has 0 radical (unpaired) electrons. The summed E-state index contributed by atoms with van der Waals surface area (Å²) < 4.78 is 13.3. The van der Waals surface area contributed by atoms with Gasteiger partial charge in [-0.3, -0.25) is 9.59 Å². The minimum Gasteiger partial charge on any atom is -0.481 e. The van der Waals surface area contributed by atoms with Gasteiger partial charge >= 0.3 is 5.97 Å². The van der Waals surface area contributed by atoms with Crippen LogP contribution in [0.25, 0.3) is 0 Å². The van der Waals surface area contributed by atoms with Gasteiger partial charge in [0, 0.05) is 0 Å². The van der Waals surface area contributed by atoms with Crippen molar-refractivity contribution in [2.75, 3.05) is 0 Å². The Morgan fingerprint density at radius 2 is 1.86 bits per heavy atom. The number of Topliss-reactive ketones (excluding diaryl/α,β-unsaturated/α-hetero) is 1. The van der Waals surface area contributed by atoms with Gasteiger partial charge in [-0.05, 0) is 5.56 Å². The third-order valence-electron chi connectivity index (χ3n) is 1.70. The second-order valence-corrected chi connectivity index (χ2v) is 2.81. The number of aliphatic carboxylic acids is 1. The molecule has 0 bridgehead atoms. The molecule has 0 saturated carbocycles. The van der Waals surface area contributed by atoms with E-state index in [9.17, 15) is 14.0 Å². The van der Waals surface area contributed by atoms with Gasteiger partial charge in [0.1, 0.15) is 6.42 Å². The highest BCUT2D eigenvalue weighted by molar-refractivity contribution is 5.97. The molecule has 0 spiro atoms. The van der Waals surface area contributed by atoms with Crippen molar-refractivity contribution in [1.29, 1.82) is 0 Å². The van der Waals surface area contributed by atoms with Crippen LogP contribution < -0.4 is 0 Å². The molecular formula is C10H9FO3. The lowest BCUT2D eigenvalue weighted by Crippen LogP contribution is -2.12. The molecule has 1 rings (SSSR count). The van der Waals surface area contributed by atoms with Crippen molar-refractivity contribution in [3.63, 3.8) is 0 Å². The van der Waals surface area contributed by atoms with Crippen LogP contribution in [0.4, 0.5) is 4.39 Å². The lowest BCUT2D eigenvalue weighted by molar-refractivity contribution is -0.141. The number of hydrogen-bond acceptors (Lipinski definition) is 2. The molecule has 0 aromatic heterocycles. The largest absolute Gasteiger partial charge is 0.481 e. The molecule has 0 fully saturated rings. The maximum Gasteiger partial charge on any atom is 0.311 e. The summed E-state index contributed by atoms with van der Waals surface area (Å²) in [5.74, 6) is -2.24. The highest BCUT2D eigenvalue weighted by Crippen LogP contribution is 2.19. The standard InChI is InChI=1S/C10H9FO3/c11-10(8(12)6-9(13)14)7-4-2-1-3-5-7/h1-5,10H,6H2,(H,13,14). The van der Waals surface area contributed by atoms with Crippen LogP contribution in [0.1, 0.15) is 18.2 Å². The van der Waals surface area contributed by atoms with Crippen LogP contribution in [0.15, 0.2) is 30.3 Å². The van der Waals surface area contributed by atoms with Crippen molar-refractivity contribution in [3.05, 3.63) is 35.9 Å². The first-order valence-electron chi connectivity index (χ1n) is 4.05. The minimum atomic E-state index is -1.84. The monoisotopic (exact) mass is 196 g/mol. The molecule has 1 N–H and O–H groups in total. The summed E-state index contributed by atoms with van der Waals surface area (Å²) in [6, 6.07) is 7.78. The van der Waals surface area contributed by atoms with E-state index in [0.29, 0.717) is 0 Å². The van der Waals surface area contributed by atoms with E-state index in [4.69, 9.17) is 5.11 Å². The van der Waals surface area contributed by atoms with E-state index in [1.54, 1.807) is 18.2 Å². The second kappa shape index (κ2) is 4.50. The molecule has 0 aliphatic rings. The quantitative estimate of drug-likeness (QED) is 0.746. The zero-order valence-electron chi connectivity index (χ0n) is 7.31. The van der Waals surface area contributed by atoms with Gasteiger partial charge in [-0.15, -0.1) is 0 Å². The molecule has 74 valence electrons. The van der Waals surface area contributed by atoms with E-state index in [2.05, 4.69) is 0 Å². The molecule has 0 saturated heterocycles. The van der Waals surface area contributed by atoms with Gasteiger partial charge in [0.2, 0.25) is 0 Å². The topological polar surface area (TPSA) is 54.4 Å². The van der Waals surface area contributed by atoms with E-state index < -0.39 is 24.3 Å². The molecule has 1 atom stereocenters. The molecule has 1 aromatic rings. The van der Waals surface area contributed by atoms with Gasteiger partial charge in [-0.25, -0.2) is 4.39 Å². The van der Waals surface area contributed by atoms with Crippen molar-refractivity contribution < 1.29 is 19.1 Å². The maximum absolute atomic E-state index is 13.3. The van der Waals surface area contributed by atoms with E-state index in [1.807, 2.05) is 0 Å². The van der Waals surface area contributed by atoms with E-state index in [-0.39, 0.29) is 5.56 Å². The summed E-state index contributed by atoms with van der Waals surface area (Å²) in [5, 5.41) is 8.29. The smallest absolute Gasteiger partial charge is 0.311 e. The van der Waals surface area contributed by atoms with Crippen LogP contribution in [0.3, 0.4) is 0 Å². The predicted octanol–water partition coefficient (Wildman–Crippen LogP) is 1.74. The molecule has 4 heteroatoms. The van der Waals surface area contributed by atoms with Gasteiger partial charge in [-0.2, -0.15) is 0 Å². The van der Waals surface area contributed by atoms with Crippen LogP contribution in [-0.2, 0) is 9.59 Å². The van der Waals surface area contributed by atoms with Crippen LogP contribution in [0.5, 0.6) is 0 Å². The van der Waals surface area contributed by atoms with Crippen LogP contribution in [0, 0.1) is 0 Å². The fraction of sp³-hybridized carbons (Fsp3) is 0.200. The number of carboxylic acids is 1. The molecule has 1 aromatic carbocycles. The summed E-state index contributed by atoms with van der Waals surface area (Å²) in [5.41, 5.74) is 0.193. The number of alkyl halides is 1. The molecule has 0 aliphatic heterocycles. The Hall–Kier alpha value is -1.71. The van der Waals surface area contributed by atoms with Crippen molar-refractivity contribution in [3.8, 4) is 0 Å². The average molecular weight is 196 g/mol. The summed E-state index contributed by atoms with van der Waals surface area (Å²) >= 11 is 0. The van der Waals surface area contributed by atoms with Crippen LogP contribution in [0.2, 0.25) is 0 Å². The Labute approximate surface area is 80.2 Å². The number of hydrogen-bond donors (Lipinski definition) is 1. The number of carboxylic acid groups (broad SMARTS) is 1. The first-order valence-corrected chi connectivity index (χ1v) is 4.05. The highest BCUT2D eigenvalue weighted by atomic mass is 19.1. The number of benzene rings is 1. The zero-order valence-corrected chi connectivity index (χ0v) is 7.31. The summed E-state index contributed by atoms with van der Waals surface area (Å²) in [7, 11) is 0. The summed E-state index contributed by atoms with van der Waals surface area (Å²) in [6.07, 6.45) is -2.62. The first kappa shape index (κ1) is 10.4. The van der Waals surface area contributed by atoms with Gasteiger partial charge in [0.15, 0.2) is 12.0 Å². The van der Waals surface area contributed by atoms with Crippen LogP contribution in [-0.4, -0.2) is 16.9 Å². The normalized spacial score (nSPS) is 12.1. The number of ketones is 1. The molecule has 3 nitrogen and oxygen atoms in total. The summed E-state index contributed by atoms with van der Waals surface area (Å²) in [6.45, 7) is 0. The minimum absolute atomic E-state index is 0.193. The Kier molecular flexibility index (Phi) is 3.34. The SMILES string of the molecule is O=C(O)CC(=O)C(F)c1ccccc1. The fourth-order valence-corrected chi connectivity index (χ4v) is 1.05. The molecular weight excluding hydrogens is 187 g/mol. The number of carbonyl (C=O) groups is 2. The number of carbonyl (C=O) groups excluding carboxylic acids is 1. The summed E-state index contributed by atoms with van der Waals surface area (Å²) in [4.78, 5) is 21.2. The molecule has 14 heavy (non-hydrogen) atoms. The van der Waals surface area contributed by atoms with Gasteiger partial charge in [-0.1, -0.05) is 30.3 Å². The Bertz CT molecular complexity index is 334. The Balaban J connectivity index is 2.71. The Morgan fingerprint density at radius 3 is 2.36 bits per heavy atom. The zero-order chi connectivity index (χ0) is 10.6. The van der Waals surface area contributed by atoms with Gasteiger partial charge < -0.3 is 5.11 Å². The first-order chi connectivity index (χ1) is 6.61. The maximum atomic E-state index is 13.3. The molecule has 0 heterocycles. The van der Waals surface area contributed by atoms with E-state index in [1.165, 1.54) is 12.1 Å². The average Bonchev–Trinajstić information content (AvgIpc) is 2.17. The molecule has 0 aliphatic carbocycles.